The second-order valence-corrected chi connectivity index (χ2v) is 8.15. The normalized spacial score (nSPS) is 11.0. The van der Waals surface area contributed by atoms with Gasteiger partial charge in [-0.05, 0) is 77.9 Å². The molecule has 0 unspecified atom stereocenters. The zero-order chi connectivity index (χ0) is 22.8. The fourth-order valence-electron chi connectivity index (χ4n) is 4.07. The lowest BCUT2D eigenvalue weighted by atomic mass is 9.98. The van der Waals surface area contributed by atoms with Gasteiger partial charge in [0.15, 0.2) is 0 Å². The van der Waals surface area contributed by atoms with E-state index in [4.69, 9.17) is 0 Å². The third kappa shape index (κ3) is 4.44. The predicted octanol–water partition coefficient (Wildman–Crippen LogP) is 6.73. The molecule has 0 aliphatic rings. The Morgan fingerprint density at radius 3 is 2.52 bits per heavy atom. The summed E-state index contributed by atoms with van der Waals surface area (Å²) in [4.78, 5) is 13.4. The number of hydrogen-bond donors (Lipinski definition) is 1. The quantitative estimate of drug-likeness (QED) is 0.333. The van der Waals surface area contributed by atoms with Crippen LogP contribution in [0.15, 0.2) is 85.3 Å². The molecular formula is C28H23FN4. The van der Waals surface area contributed by atoms with E-state index in [1.54, 1.807) is 18.5 Å². The SMILES string of the molecule is Cc1cc(-c2ccc(CNc3nccc4cc(-c5cccc(F)c5)ncc34)cc2C)ccn1. The molecule has 4 nitrogen and oxygen atoms in total. The lowest BCUT2D eigenvalue weighted by Gasteiger charge is -2.12. The van der Waals surface area contributed by atoms with Crippen LogP contribution in [-0.2, 0) is 6.54 Å². The summed E-state index contributed by atoms with van der Waals surface area (Å²) in [5.74, 6) is 0.504. The minimum Gasteiger partial charge on any atom is -0.365 e. The highest BCUT2D eigenvalue weighted by Gasteiger charge is 2.08. The zero-order valence-electron chi connectivity index (χ0n) is 18.5. The van der Waals surface area contributed by atoms with Crippen LogP contribution >= 0.6 is 0 Å². The molecule has 5 aromatic rings. The molecule has 0 saturated heterocycles. The molecular weight excluding hydrogens is 411 g/mol. The number of anilines is 1. The van der Waals surface area contributed by atoms with Crippen LogP contribution in [0.1, 0.15) is 16.8 Å². The van der Waals surface area contributed by atoms with Crippen LogP contribution in [0, 0.1) is 19.7 Å². The van der Waals surface area contributed by atoms with Crippen molar-refractivity contribution >= 4 is 16.6 Å². The Hall–Kier alpha value is -4.12. The number of benzene rings is 2. The summed E-state index contributed by atoms with van der Waals surface area (Å²) in [5.41, 5.74) is 7.27. The smallest absolute Gasteiger partial charge is 0.135 e. The number of fused-ring (bicyclic) bond motifs is 1. The van der Waals surface area contributed by atoms with E-state index in [1.807, 2.05) is 37.4 Å². The summed E-state index contributed by atoms with van der Waals surface area (Å²) < 4.78 is 13.6. The third-order valence-corrected chi connectivity index (χ3v) is 5.73. The molecule has 0 bridgehead atoms. The highest BCUT2D eigenvalue weighted by molar-refractivity contribution is 5.93. The first kappa shape index (κ1) is 20.8. The summed E-state index contributed by atoms with van der Waals surface area (Å²) in [7, 11) is 0. The molecule has 5 heteroatoms. The van der Waals surface area contributed by atoms with Crippen molar-refractivity contribution in [1.82, 2.24) is 15.0 Å². The molecule has 0 radical (unpaired) electrons. The molecule has 162 valence electrons. The molecule has 3 heterocycles. The average Bonchev–Trinajstić information content (AvgIpc) is 2.82. The van der Waals surface area contributed by atoms with E-state index in [0.29, 0.717) is 6.54 Å². The Morgan fingerprint density at radius 2 is 1.70 bits per heavy atom. The maximum Gasteiger partial charge on any atom is 0.135 e. The van der Waals surface area contributed by atoms with E-state index >= 15 is 0 Å². The topological polar surface area (TPSA) is 50.7 Å². The van der Waals surface area contributed by atoms with Gasteiger partial charge in [-0.15, -0.1) is 0 Å². The van der Waals surface area contributed by atoms with Crippen LogP contribution in [-0.4, -0.2) is 15.0 Å². The van der Waals surface area contributed by atoms with Crippen LogP contribution < -0.4 is 5.32 Å². The molecule has 3 aromatic heterocycles. The number of nitrogens with zero attached hydrogens (tertiary/aromatic N) is 3. The molecule has 1 N–H and O–H groups in total. The number of nitrogens with one attached hydrogen (secondary N) is 1. The molecule has 5 rings (SSSR count). The Balaban J connectivity index is 1.38. The Morgan fingerprint density at radius 1 is 0.818 bits per heavy atom. The lowest BCUT2D eigenvalue weighted by molar-refractivity contribution is 0.628. The van der Waals surface area contributed by atoms with Crippen molar-refractivity contribution in [2.24, 2.45) is 0 Å². The first-order chi connectivity index (χ1) is 16.1. The summed E-state index contributed by atoms with van der Waals surface area (Å²) in [6.07, 6.45) is 5.42. The number of aryl methyl sites for hydroxylation is 2. The van der Waals surface area contributed by atoms with E-state index in [2.05, 4.69) is 51.5 Å². The van der Waals surface area contributed by atoms with Crippen molar-refractivity contribution in [3.05, 3.63) is 108 Å². The minimum absolute atomic E-state index is 0.271. The van der Waals surface area contributed by atoms with Gasteiger partial charge in [-0.1, -0.05) is 30.3 Å². The van der Waals surface area contributed by atoms with Crippen LogP contribution in [0.25, 0.3) is 33.2 Å². The van der Waals surface area contributed by atoms with Gasteiger partial charge in [-0.3, -0.25) is 9.97 Å². The standard InChI is InChI=1S/C28H23FN4/c1-18-12-20(6-7-25(18)21-8-10-30-19(2)13-21)16-33-28-26-17-32-27(15-22(26)9-11-31-28)23-4-3-5-24(29)14-23/h3-15,17H,16H2,1-2H3,(H,31,33). The molecule has 33 heavy (non-hydrogen) atoms. The molecule has 0 amide bonds. The van der Waals surface area contributed by atoms with Crippen molar-refractivity contribution in [3.63, 3.8) is 0 Å². The van der Waals surface area contributed by atoms with Gasteiger partial charge in [0.25, 0.3) is 0 Å². The minimum atomic E-state index is -0.271. The molecule has 2 aromatic carbocycles. The van der Waals surface area contributed by atoms with E-state index in [-0.39, 0.29) is 5.82 Å². The molecule has 0 aliphatic carbocycles. The highest BCUT2D eigenvalue weighted by Crippen LogP contribution is 2.27. The average molecular weight is 435 g/mol. The molecule has 0 saturated carbocycles. The van der Waals surface area contributed by atoms with Crippen molar-refractivity contribution < 1.29 is 4.39 Å². The van der Waals surface area contributed by atoms with Crippen LogP contribution in [0.3, 0.4) is 0 Å². The summed E-state index contributed by atoms with van der Waals surface area (Å²) in [6, 6.07) is 21.0. The fourth-order valence-corrected chi connectivity index (χ4v) is 4.07. The van der Waals surface area contributed by atoms with Crippen molar-refractivity contribution in [2.75, 3.05) is 5.32 Å². The summed E-state index contributed by atoms with van der Waals surface area (Å²) >= 11 is 0. The fraction of sp³-hybridized carbons (Fsp3) is 0.107. The molecule has 0 aliphatic heterocycles. The highest BCUT2D eigenvalue weighted by atomic mass is 19.1. The van der Waals surface area contributed by atoms with Crippen LogP contribution in [0.5, 0.6) is 0 Å². The monoisotopic (exact) mass is 434 g/mol. The molecule has 0 spiro atoms. The Labute approximate surface area is 192 Å². The molecule has 0 atom stereocenters. The van der Waals surface area contributed by atoms with Gasteiger partial charge in [0.2, 0.25) is 0 Å². The van der Waals surface area contributed by atoms with E-state index in [9.17, 15) is 4.39 Å². The maximum absolute atomic E-state index is 13.6. The Kier molecular flexibility index (Phi) is 5.53. The Bertz CT molecular complexity index is 1460. The van der Waals surface area contributed by atoms with E-state index in [1.165, 1.54) is 34.4 Å². The van der Waals surface area contributed by atoms with Gasteiger partial charge in [-0.2, -0.15) is 0 Å². The third-order valence-electron chi connectivity index (χ3n) is 5.73. The van der Waals surface area contributed by atoms with E-state index in [0.717, 1.165) is 33.5 Å². The van der Waals surface area contributed by atoms with Gasteiger partial charge >= 0.3 is 0 Å². The zero-order valence-corrected chi connectivity index (χ0v) is 18.5. The number of pyridine rings is 3. The van der Waals surface area contributed by atoms with Crippen molar-refractivity contribution in [2.45, 2.75) is 20.4 Å². The maximum atomic E-state index is 13.6. The number of aromatic nitrogens is 3. The van der Waals surface area contributed by atoms with Gasteiger partial charge in [0.05, 0.1) is 5.69 Å². The number of hydrogen-bond acceptors (Lipinski definition) is 4. The predicted molar refractivity (Wildman–Crippen MR) is 131 cm³/mol. The van der Waals surface area contributed by atoms with Gasteiger partial charge < -0.3 is 5.32 Å². The second-order valence-electron chi connectivity index (χ2n) is 8.15. The summed E-state index contributed by atoms with van der Waals surface area (Å²) in [6.45, 7) is 4.78. The number of rotatable bonds is 5. The van der Waals surface area contributed by atoms with Crippen molar-refractivity contribution in [1.29, 1.82) is 0 Å². The van der Waals surface area contributed by atoms with Crippen LogP contribution in [0.2, 0.25) is 0 Å². The first-order valence-electron chi connectivity index (χ1n) is 10.8. The molecule has 0 fully saturated rings. The van der Waals surface area contributed by atoms with Crippen LogP contribution in [0.4, 0.5) is 10.2 Å². The number of halogens is 1. The van der Waals surface area contributed by atoms with Gasteiger partial charge in [-0.25, -0.2) is 9.37 Å². The summed E-state index contributed by atoms with van der Waals surface area (Å²) in [5, 5.41) is 5.38. The van der Waals surface area contributed by atoms with E-state index < -0.39 is 0 Å². The van der Waals surface area contributed by atoms with Crippen molar-refractivity contribution in [3.8, 4) is 22.4 Å². The second kappa shape index (κ2) is 8.79. The lowest BCUT2D eigenvalue weighted by Crippen LogP contribution is -2.03. The van der Waals surface area contributed by atoms with Gasteiger partial charge in [0, 0.05) is 41.8 Å². The van der Waals surface area contributed by atoms with Gasteiger partial charge in [0.1, 0.15) is 11.6 Å². The first-order valence-corrected chi connectivity index (χ1v) is 10.8. The largest absolute Gasteiger partial charge is 0.365 e.